The lowest BCUT2D eigenvalue weighted by Crippen LogP contribution is -2.18. The van der Waals surface area contributed by atoms with Gasteiger partial charge < -0.3 is 19.1 Å². The number of nitrogens with zero attached hydrogens (tertiary/aromatic N) is 4. The fourth-order valence-corrected chi connectivity index (χ4v) is 13.5. The van der Waals surface area contributed by atoms with Gasteiger partial charge >= 0.3 is 0 Å². The second kappa shape index (κ2) is 16.8. The minimum Gasteiger partial charge on any atom is -0.309 e. The Hall–Kier alpha value is -10.8. The molecule has 6 heteroatoms. The average Bonchev–Trinajstić information content (AvgIpc) is 3.96. The van der Waals surface area contributed by atoms with Crippen molar-refractivity contribution in [2.24, 2.45) is 0 Å². The standard InChI is InChI=1S/C74H44N4O2/c79-73-60-41-45(75-64-31-13-7-25-54(64)48-19-1-2-20-49(48)55-26-8-14-32-65(55)75)37-39-70(60)78-71-40-38-46(76-66-33-15-9-27-56(66)50-21-3-4-22-51(50)57-28-10-16-34-67(57)76)42-61(71)74(80)63-44-47(43-62(73)72(63)78)77-68-35-17-11-29-58(68)52-23-5-6-24-53(52)59-30-12-18-36-69(59)77/h1-44H. The van der Waals surface area contributed by atoms with Gasteiger partial charge in [-0.25, -0.2) is 0 Å². The molecule has 3 aliphatic heterocycles. The predicted octanol–water partition coefficient (Wildman–Crippen LogP) is 18.9. The number of anilines is 9. The lowest BCUT2D eigenvalue weighted by atomic mass is 9.95. The summed E-state index contributed by atoms with van der Waals surface area (Å²) in [7, 11) is 0. The third kappa shape index (κ3) is 6.18. The Morgan fingerprint density at radius 2 is 0.438 bits per heavy atom. The van der Waals surface area contributed by atoms with Gasteiger partial charge in [0.2, 0.25) is 0 Å². The molecule has 17 rings (SSSR count). The number of hydrogen-bond donors (Lipinski definition) is 0. The van der Waals surface area contributed by atoms with E-state index in [1.54, 1.807) is 0 Å². The Morgan fingerprint density at radius 1 is 0.212 bits per heavy atom. The molecular weight excluding hydrogens is 977 g/mol. The summed E-state index contributed by atoms with van der Waals surface area (Å²) >= 11 is 0. The molecule has 14 aromatic rings. The van der Waals surface area contributed by atoms with E-state index in [2.05, 4.69) is 274 Å². The third-order valence-electron chi connectivity index (χ3n) is 16.9. The zero-order valence-electron chi connectivity index (χ0n) is 43.0. The van der Waals surface area contributed by atoms with Crippen molar-refractivity contribution < 1.29 is 0 Å². The van der Waals surface area contributed by atoms with Gasteiger partial charge in [0.1, 0.15) is 0 Å². The van der Waals surface area contributed by atoms with E-state index in [0.717, 1.165) is 112 Å². The minimum absolute atomic E-state index is 0.152. The monoisotopic (exact) mass is 1020 g/mol. The predicted molar refractivity (Wildman–Crippen MR) is 331 cm³/mol. The van der Waals surface area contributed by atoms with Gasteiger partial charge in [0.25, 0.3) is 0 Å². The van der Waals surface area contributed by atoms with Gasteiger partial charge in [0.05, 0.1) is 50.7 Å². The van der Waals surface area contributed by atoms with Crippen LogP contribution in [-0.2, 0) is 0 Å². The quantitative estimate of drug-likeness (QED) is 0.130. The molecule has 0 spiro atoms. The summed E-state index contributed by atoms with van der Waals surface area (Å²) in [6, 6.07) is 93.3. The summed E-state index contributed by atoms with van der Waals surface area (Å²) in [5, 5.41) is 1.99. The molecule has 0 aliphatic carbocycles. The Bertz CT molecular complexity index is 4670. The van der Waals surface area contributed by atoms with Crippen molar-refractivity contribution in [3.05, 3.63) is 287 Å². The first-order valence-electron chi connectivity index (χ1n) is 27.2. The molecule has 0 amide bonds. The molecule has 0 unspecified atom stereocenters. The van der Waals surface area contributed by atoms with Crippen LogP contribution in [0.3, 0.4) is 0 Å². The van der Waals surface area contributed by atoms with Gasteiger partial charge in [-0.3, -0.25) is 9.59 Å². The maximum atomic E-state index is 16.1. The second-order valence-electron chi connectivity index (χ2n) is 21.0. The van der Waals surface area contributed by atoms with E-state index in [1.807, 2.05) is 12.1 Å². The van der Waals surface area contributed by atoms with Gasteiger partial charge in [-0.2, -0.15) is 0 Å². The van der Waals surface area contributed by atoms with Gasteiger partial charge in [-0.15, -0.1) is 0 Å². The highest BCUT2D eigenvalue weighted by molar-refractivity contribution is 6.13. The topological polar surface area (TPSA) is 48.3 Å². The zero-order chi connectivity index (χ0) is 52.7. The van der Waals surface area contributed by atoms with E-state index in [0.29, 0.717) is 43.8 Å². The number of benzene rings is 12. The van der Waals surface area contributed by atoms with E-state index in [4.69, 9.17) is 0 Å². The molecule has 6 nitrogen and oxygen atoms in total. The van der Waals surface area contributed by atoms with E-state index in [-0.39, 0.29) is 10.9 Å². The van der Waals surface area contributed by atoms with Gasteiger partial charge in [0, 0.05) is 72.0 Å². The van der Waals surface area contributed by atoms with Gasteiger partial charge in [-0.05, 0) is 118 Å². The summed E-state index contributed by atoms with van der Waals surface area (Å²) in [5.41, 5.74) is 23.4. The maximum absolute atomic E-state index is 16.1. The van der Waals surface area contributed by atoms with Crippen LogP contribution < -0.4 is 25.6 Å². The number of aromatic nitrogens is 1. The van der Waals surface area contributed by atoms with Gasteiger partial charge in [-0.1, -0.05) is 182 Å². The van der Waals surface area contributed by atoms with Crippen LogP contribution in [0.4, 0.5) is 51.2 Å². The molecule has 3 aliphatic rings. The van der Waals surface area contributed by atoms with E-state index in [1.165, 1.54) is 0 Å². The van der Waals surface area contributed by atoms with Crippen LogP contribution in [0.5, 0.6) is 0 Å². The Kier molecular flexibility index (Phi) is 9.33. The normalized spacial score (nSPS) is 12.8. The summed E-state index contributed by atoms with van der Waals surface area (Å²) < 4.78 is 2.18. The number of rotatable bonds is 3. The Balaban J connectivity index is 0.977. The largest absolute Gasteiger partial charge is 0.309 e. The second-order valence-corrected chi connectivity index (χ2v) is 21.0. The van der Waals surface area contributed by atoms with Crippen LogP contribution in [0.15, 0.2) is 277 Å². The van der Waals surface area contributed by atoms with Crippen LogP contribution >= 0.6 is 0 Å². The SMILES string of the molecule is O=c1c2cc(N3c4ccccc4-c4ccccc4-c4ccccc43)ccc2n2c3ccc(N4c5ccccc5-c5ccccc5-c5ccccc54)cc3c(=O)c3cc(N4c5ccccc5-c5ccccc5-c5ccccc54)cc1c32. The third-order valence-corrected chi connectivity index (χ3v) is 16.9. The Morgan fingerprint density at radius 3 is 0.713 bits per heavy atom. The van der Waals surface area contributed by atoms with E-state index < -0.39 is 0 Å². The van der Waals surface area contributed by atoms with Crippen molar-refractivity contribution in [1.82, 2.24) is 4.40 Å². The molecule has 0 saturated carbocycles. The molecule has 0 N–H and O–H groups in total. The number of hydrogen-bond acceptors (Lipinski definition) is 5. The van der Waals surface area contributed by atoms with E-state index in [9.17, 15) is 0 Å². The first kappa shape index (κ1) is 44.3. The molecule has 2 aromatic heterocycles. The first-order valence-corrected chi connectivity index (χ1v) is 27.2. The van der Waals surface area contributed by atoms with Gasteiger partial charge in [0.15, 0.2) is 10.9 Å². The smallest absolute Gasteiger partial charge is 0.197 e. The highest BCUT2D eigenvalue weighted by atomic mass is 16.1. The lowest BCUT2D eigenvalue weighted by Gasteiger charge is -2.29. The van der Waals surface area contributed by atoms with Crippen molar-refractivity contribution in [1.29, 1.82) is 0 Å². The van der Waals surface area contributed by atoms with Crippen LogP contribution in [0.2, 0.25) is 0 Å². The Labute approximate surface area is 460 Å². The van der Waals surface area contributed by atoms with Crippen LogP contribution in [0.1, 0.15) is 0 Å². The maximum Gasteiger partial charge on any atom is 0.197 e. The molecule has 0 bridgehead atoms. The minimum atomic E-state index is -0.152. The van der Waals surface area contributed by atoms with Crippen molar-refractivity contribution in [2.75, 3.05) is 14.7 Å². The summed E-state index contributed by atoms with van der Waals surface area (Å²) in [4.78, 5) is 39.1. The van der Waals surface area contributed by atoms with Crippen molar-refractivity contribution >= 4 is 89.3 Å². The van der Waals surface area contributed by atoms with Crippen molar-refractivity contribution in [2.45, 2.75) is 0 Å². The number of fused-ring (bicyclic) bond motifs is 19. The molecular formula is C74H44N4O2. The molecule has 372 valence electrons. The average molecular weight is 1020 g/mol. The number of para-hydroxylation sites is 6. The fraction of sp³-hybridized carbons (Fsp3) is 0. The molecule has 12 aromatic carbocycles. The van der Waals surface area contributed by atoms with E-state index >= 15 is 9.59 Å². The molecule has 0 saturated heterocycles. The highest BCUT2D eigenvalue weighted by Gasteiger charge is 2.31. The van der Waals surface area contributed by atoms with Crippen molar-refractivity contribution in [3.8, 4) is 66.8 Å². The van der Waals surface area contributed by atoms with Crippen molar-refractivity contribution in [3.63, 3.8) is 0 Å². The summed E-state index contributed by atoms with van der Waals surface area (Å²) in [5.74, 6) is 0. The molecule has 0 atom stereocenters. The fourth-order valence-electron chi connectivity index (χ4n) is 13.5. The molecule has 0 radical (unpaired) electrons. The van der Waals surface area contributed by atoms with Crippen LogP contribution in [0, 0.1) is 0 Å². The zero-order valence-corrected chi connectivity index (χ0v) is 43.0. The summed E-state index contributed by atoms with van der Waals surface area (Å²) in [6.07, 6.45) is 0. The molecule has 0 fully saturated rings. The van der Waals surface area contributed by atoms with Crippen LogP contribution in [-0.4, -0.2) is 4.40 Å². The lowest BCUT2D eigenvalue weighted by molar-refractivity contribution is 1.26. The highest BCUT2D eigenvalue weighted by Crippen LogP contribution is 2.55. The van der Waals surface area contributed by atoms with Crippen LogP contribution in [0.25, 0.3) is 105 Å². The summed E-state index contributed by atoms with van der Waals surface area (Å²) in [6.45, 7) is 0. The molecule has 5 heterocycles. The first-order chi connectivity index (χ1) is 39.6. The number of pyridine rings is 2. The molecule has 80 heavy (non-hydrogen) atoms.